The van der Waals surface area contributed by atoms with Crippen LogP contribution in [0.25, 0.3) is 21.5 Å². The molecule has 0 aromatic heterocycles. The minimum absolute atomic E-state index is 0. The lowest BCUT2D eigenvalue weighted by Crippen LogP contribution is -2.60. The smallest absolute Gasteiger partial charge is 0.407 e. The Balaban J connectivity index is 0.000000253. The Bertz CT molecular complexity index is 4510. The van der Waals surface area contributed by atoms with Crippen LogP contribution in [0.3, 0.4) is 0 Å². The van der Waals surface area contributed by atoms with Crippen LogP contribution in [0.4, 0.5) is 9.59 Å². The molecular formula is C84H122N8O18S2. The Morgan fingerprint density at radius 3 is 1.29 bits per heavy atom. The largest absolute Gasteiger partial charge is 0.496 e. The Labute approximate surface area is 662 Å². The number of hydrogen-bond donors (Lipinski definition) is 6. The molecule has 8 aliphatic rings. The van der Waals surface area contributed by atoms with Gasteiger partial charge in [0.05, 0.1) is 51.0 Å². The first-order valence-electron chi connectivity index (χ1n) is 38.7. The first-order valence-corrected chi connectivity index (χ1v) is 41.8. The summed E-state index contributed by atoms with van der Waals surface area (Å²) in [6.07, 6.45) is 9.71. The van der Waals surface area contributed by atoms with Crippen LogP contribution in [0.5, 0.6) is 11.5 Å². The van der Waals surface area contributed by atoms with Gasteiger partial charge in [0.25, 0.3) is 11.8 Å². The maximum absolute atomic E-state index is 14.9. The molecule has 6 fully saturated rings. The quantitative estimate of drug-likeness (QED) is 0.0568. The molecule has 4 aromatic rings. The van der Waals surface area contributed by atoms with Gasteiger partial charge in [-0.25, -0.2) is 26.4 Å². The van der Waals surface area contributed by atoms with Crippen LogP contribution < -0.4 is 40.2 Å². The van der Waals surface area contributed by atoms with Crippen molar-refractivity contribution in [2.75, 3.05) is 54.7 Å². The van der Waals surface area contributed by atoms with Crippen LogP contribution in [0, 0.1) is 33.5 Å². The van der Waals surface area contributed by atoms with Crippen LogP contribution >= 0.6 is 0 Å². The van der Waals surface area contributed by atoms with Crippen molar-refractivity contribution in [3.8, 4) is 11.5 Å². The normalized spacial score (nSPS) is 28.2. The summed E-state index contributed by atoms with van der Waals surface area (Å²) in [5.74, 6) is -3.11. The maximum Gasteiger partial charge on any atom is 0.407 e. The van der Waals surface area contributed by atoms with E-state index in [1.165, 1.54) is 23.0 Å². The Morgan fingerprint density at radius 2 is 0.955 bits per heavy atom. The van der Waals surface area contributed by atoms with Gasteiger partial charge < -0.3 is 59.5 Å². The minimum Gasteiger partial charge on any atom is -0.496 e. The average Bonchev–Trinajstić information content (AvgIpc) is 1.56. The van der Waals surface area contributed by atoms with E-state index in [1.807, 2.05) is 125 Å². The van der Waals surface area contributed by atoms with Gasteiger partial charge in [-0.15, -0.1) is 6.58 Å². The number of aryl methyl sites for hydroxylation is 2. The van der Waals surface area contributed by atoms with Crippen LogP contribution in [0.15, 0.2) is 73.3 Å². The van der Waals surface area contributed by atoms with Gasteiger partial charge in [-0.2, -0.15) is 0 Å². The van der Waals surface area contributed by atoms with Gasteiger partial charge in [-0.05, 0) is 185 Å². The number of benzene rings is 4. The molecule has 0 spiro atoms. The summed E-state index contributed by atoms with van der Waals surface area (Å²) in [6.45, 7) is 25.0. The number of carbonyl (C=O) groups is 8. The molecule has 10 atom stereocenters. The molecule has 112 heavy (non-hydrogen) atoms. The Morgan fingerprint density at radius 1 is 0.562 bits per heavy atom. The van der Waals surface area contributed by atoms with Crippen molar-refractivity contribution in [1.29, 1.82) is 0 Å². The molecule has 4 aliphatic heterocycles. The van der Waals surface area contributed by atoms with Crippen molar-refractivity contribution < 1.29 is 83.6 Å². The number of methoxy groups -OCH3 is 4. The zero-order valence-corrected chi connectivity index (χ0v) is 68.2. The van der Waals surface area contributed by atoms with Crippen LogP contribution in [0.1, 0.15) is 210 Å². The molecule has 4 heterocycles. The zero-order valence-electron chi connectivity index (χ0n) is 66.6. The molecule has 618 valence electrons. The van der Waals surface area contributed by atoms with E-state index in [-0.39, 0.29) is 83.6 Å². The lowest BCUT2D eigenvalue weighted by atomic mass is 9.85. The standard InChI is InChI=1S/C41H58N4O9S.C41H56N4O9S.2CH4/c2*1-9-28-21-41(28,36(48)44-55(50,51)30-15-16-30)43-34(46)31-22-40(53-8)23-45(31)35(47)33(38(2,3)4)42-37(49)54-24-39(5,6)17-11-10-12-26-18-27-19-29(40)14-13-25(27)20-32(26)52-7;;/h13-14,18-20,28,30-31,33H,9-12,15-17,21-24H2,1-8H3,(H,42,49)(H,43,46)(H,44,48);9,13-14,18-20,28,30-31,33H,1,10-12,15-17,21-24H2,2-8H3,(H,42,49)(H,43,46)(H,44,48);2*1H4/t2*28-,31+,33-,40+,41-;;/m11../s1. The highest BCUT2D eigenvalue weighted by molar-refractivity contribution is 7.91. The first-order chi connectivity index (χ1) is 51.6. The van der Waals surface area contributed by atoms with Gasteiger partial charge >= 0.3 is 12.2 Å². The number of ether oxygens (including phenoxy) is 6. The molecule has 4 saturated carbocycles. The number of fused-ring (bicyclic) bond motifs is 10. The molecule has 4 aliphatic carbocycles. The fraction of sp³-hybridized carbons (Fsp3) is 0.643. The van der Waals surface area contributed by atoms with Crippen molar-refractivity contribution in [1.82, 2.24) is 40.5 Å². The van der Waals surface area contributed by atoms with Crippen LogP contribution in [0.2, 0.25) is 0 Å². The highest BCUT2D eigenvalue weighted by Gasteiger charge is 2.65. The zero-order chi connectivity index (χ0) is 80.3. The maximum atomic E-state index is 14.9. The molecule has 0 radical (unpaired) electrons. The predicted octanol–water partition coefficient (Wildman–Crippen LogP) is 11.2. The summed E-state index contributed by atoms with van der Waals surface area (Å²) < 4.78 is 91.3. The third-order valence-electron chi connectivity index (χ3n) is 24.0. The van der Waals surface area contributed by atoms with E-state index < -0.39 is 141 Å². The summed E-state index contributed by atoms with van der Waals surface area (Å²) in [7, 11) is -1.38. The number of nitrogens with zero attached hydrogens (tertiary/aromatic N) is 2. The number of rotatable bonds is 16. The van der Waals surface area contributed by atoms with Gasteiger partial charge in [-0.1, -0.05) is 141 Å². The second-order valence-electron chi connectivity index (χ2n) is 35.6. The highest BCUT2D eigenvalue weighted by Crippen LogP contribution is 2.50. The van der Waals surface area contributed by atoms with Gasteiger partial charge in [0, 0.05) is 33.0 Å². The summed E-state index contributed by atoms with van der Waals surface area (Å²) >= 11 is 0. The molecule has 26 nitrogen and oxygen atoms in total. The summed E-state index contributed by atoms with van der Waals surface area (Å²) in [5.41, 5.74) is -3.99. The van der Waals surface area contributed by atoms with E-state index >= 15 is 0 Å². The predicted molar refractivity (Wildman–Crippen MR) is 429 cm³/mol. The highest BCUT2D eigenvalue weighted by atomic mass is 32.2. The number of amides is 8. The molecule has 8 amide bonds. The van der Waals surface area contributed by atoms with E-state index in [9.17, 15) is 55.2 Å². The molecule has 12 rings (SSSR count). The van der Waals surface area contributed by atoms with E-state index in [0.717, 1.165) is 107 Å². The summed E-state index contributed by atoms with van der Waals surface area (Å²) in [4.78, 5) is 116. The average molecular weight is 1600 g/mol. The number of alkyl carbamates (subject to hydrolysis) is 2. The minimum atomic E-state index is -3.91. The number of nitrogens with one attached hydrogen (secondary N) is 6. The number of sulfonamides is 2. The van der Waals surface area contributed by atoms with Gasteiger partial charge in [0.2, 0.25) is 43.7 Å². The molecule has 10 bridgehead atoms. The van der Waals surface area contributed by atoms with Crippen molar-refractivity contribution in [2.45, 2.75) is 257 Å². The van der Waals surface area contributed by atoms with E-state index in [1.54, 1.807) is 21.3 Å². The van der Waals surface area contributed by atoms with E-state index in [0.29, 0.717) is 32.1 Å². The van der Waals surface area contributed by atoms with Gasteiger partial charge in [0.1, 0.15) is 57.9 Å². The molecular weight excluding hydrogens is 1470 g/mol. The van der Waals surface area contributed by atoms with Gasteiger partial charge in [-0.3, -0.25) is 38.2 Å². The lowest BCUT2D eigenvalue weighted by molar-refractivity contribution is -0.143. The molecule has 28 heteroatoms. The SMILES string of the molecule is C.C.C=C[C@@H]1C[C@]1(NC(=O)[C@@H]1C[C@]2(OC)CN1C(=O)[C@H](C(C)(C)C)NC(=O)OCC(C)(C)CCCCc1cc3cc2ccc3cc1OC)C(=O)NS(=O)(=O)C1CC1.CC[C@@H]1C[C@]1(NC(=O)[C@@H]1C[C@]2(OC)CN1C(=O)[C@H](C(C)(C)C)NC(=O)OCC(C)(C)CCCCc1cc3cc2ccc3cc1OC)C(=O)NS(=O)(=O)C1CC1. The van der Waals surface area contributed by atoms with Gasteiger partial charge in [0.15, 0.2) is 0 Å². The fourth-order valence-corrected chi connectivity index (χ4v) is 19.1. The second-order valence-corrected chi connectivity index (χ2v) is 39.6. The Hall–Kier alpha value is -8.08. The lowest BCUT2D eigenvalue weighted by Gasteiger charge is -2.36. The Kier molecular flexibility index (Phi) is 25.9. The number of cyclic esters (lactones) is 2. The van der Waals surface area contributed by atoms with E-state index in [2.05, 4.69) is 49.4 Å². The molecule has 2 saturated heterocycles. The fourth-order valence-electron chi connectivity index (χ4n) is 16.4. The molecule has 4 aromatic carbocycles. The monoisotopic (exact) mass is 1590 g/mol. The second kappa shape index (κ2) is 33.0. The third kappa shape index (κ3) is 18.7. The van der Waals surface area contributed by atoms with Crippen molar-refractivity contribution in [2.24, 2.45) is 33.5 Å². The van der Waals surface area contributed by atoms with Crippen molar-refractivity contribution >= 4 is 89.2 Å². The third-order valence-corrected chi connectivity index (χ3v) is 27.6. The summed E-state index contributed by atoms with van der Waals surface area (Å²) in [6, 6.07) is 15.6. The van der Waals surface area contributed by atoms with Crippen molar-refractivity contribution in [3.63, 3.8) is 0 Å². The van der Waals surface area contributed by atoms with E-state index in [4.69, 9.17) is 28.4 Å². The van der Waals surface area contributed by atoms with Crippen molar-refractivity contribution in [3.05, 3.63) is 95.6 Å². The van der Waals surface area contributed by atoms with Crippen LogP contribution in [-0.4, -0.2) is 175 Å². The molecule has 0 unspecified atom stereocenters. The number of hydrogen-bond acceptors (Lipinski definition) is 18. The molecule has 6 N–H and O–H groups in total. The first kappa shape index (κ1) is 87.9. The number of carbonyl (C=O) groups excluding carboxylic acids is 8. The topological polar surface area (TPSA) is 339 Å². The summed E-state index contributed by atoms with van der Waals surface area (Å²) in [5, 5.41) is 14.0. The van der Waals surface area contributed by atoms with Crippen LogP contribution in [-0.2, 0) is 91.8 Å².